The zero-order valence-corrected chi connectivity index (χ0v) is 10.7. The SMILES string of the molecule is Cc1nc(C2CCN(C)C2)sc1CCC#N. The van der Waals surface area contributed by atoms with Gasteiger partial charge in [0.25, 0.3) is 0 Å². The van der Waals surface area contributed by atoms with Gasteiger partial charge in [0.2, 0.25) is 0 Å². The maximum atomic E-state index is 8.60. The fourth-order valence-corrected chi connectivity index (χ4v) is 3.35. The summed E-state index contributed by atoms with van der Waals surface area (Å²) in [5.41, 5.74) is 1.13. The Balaban J connectivity index is 2.08. The van der Waals surface area contributed by atoms with E-state index in [2.05, 4.69) is 29.9 Å². The lowest BCUT2D eigenvalue weighted by molar-refractivity contribution is 0.411. The van der Waals surface area contributed by atoms with E-state index in [4.69, 9.17) is 5.26 Å². The number of aryl methyl sites for hydroxylation is 2. The van der Waals surface area contributed by atoms with Crippen molar-refractivity contribution in [1.29, 1.82) is 5.26 Å². The first-order valence-electron chi connectivity index (χ1n) is 5.72. The van der Waals surface area contributed by atoms with Crippen molar-refractivity contribution in [1.82, 2.24) is 9.88 Å². The average Bonchev–Trinajstić information content (AvgIpc) is 2.82. The molecule has 1 saturated heterocycles. The lowest BCUT2D eigenvalue weighted by Crippen LogP contribution is -2.13. The highest BCUT2D eigenvalue weighted by molar-refractivity contribution is 7.11. The molecule has 0 saturated carbocycles. The third kappa shape index (κ3) is 2.42. The molecule has 0 N–H and O–H groups in total. The molecular weight excluding hydrogens is 218 g/mol. The van der Waals surface area contributed by atoms with Crippen molar-refractivity contribution >= 4 is 11.3 Å². The smallest absolute Gasteiger partial charge is 0.0975 e. The fraction of sp³-hybridized carbons (Fsp3) is 0.667. The zero-order chi connectivity index (χ0) is 11.5. The summed E-state index contributed by atoms with van der Waals surface area (Å²) < 4.78 is 0. The van der Waals surface area contributed by atoms with E-state index in [0.717, 1.165) is 18.7 Å². The van der Waals surface area contributed by atoms with Crippen LogP contribution in [0.25, 0.3) is 0 Å². The van der Waals surface area contributed by atoms with E-state index >= 15 is 0 Å². The van der Waals surface area contributed by atoms with Gasteiger partial charge in [0.15, 0.2) is 0 Å². The molecule has 86 valence electrons. The number of nitriles is 1. The van der Waals surface area contributed by atoms with Gasteiger partial charge < -0.3 is 4.90 Å². The van der Waals surface area contributed by atoms with Crippen LogP contribution in [-0.4, -0.2) is 30.0 Å². The standard InChI is InChI=1S/C12H17N3S/c1-9-11(4-3-6-13)16-12(14-9)10-5-7-15(2)8-10/h10H,3-5,7-8H2,1-2H3. The number of hydrogen-bond donors (Lipinski definition) is 0. The van der Waals surface area contributed by atoms with Crippen LogP contribution >= 0.6 is 11.3 Å². The Kier molecular flexibility index (Phi) is 3.57. The molecule has 4 heteroatoms. The van der Waals surface area contributed by atoms with E-state index < -0.39 is 0 Å². The second kappa shape index (κ2) is 4.94. The van der Waals surface area contributed by atoms with Gasteiger partial charge in [-0.25, -0.2) is 4.98 Å². The quantitative estimate of drug-likeness (QED) is 0.807. The van der Waals surface area contributed by atoms with Gasteiger partial charge in [0.05, 0.1) is 16.8 Å². The Morgan fingerprint density at radius 2 is 2.44 bits per heavy atom. The van der Waals surface area contributed by atoms with Gasteiger partial charge in [-0.15, -0.1) is 11.3 Å². The van der Waals surface area contributed by atoms with Gasteiger partial charge >= 0.3 is 0 Å². The van der Waals surface area contributed by atoms with Crippen LogP contribution in [-0.2, 0) is 6.42 Å². The van der Waals surface area contributed by atoms with E-state index in [1.165, 1.54) is 22.9 Å². The minimum atomic E-state index is 0.604. The first kappa shape index (κ1) is 11.6. The van der Waals surface area contributed by atoms with Gasteiger partial charge in [-0.05, 0) is 33.4 Å². The van der Waals surface area contributed by atoms with Crippen molar-refractivity contribution in [2.75, 3.05) is 20.1 Å². The molecule has 1 atom stereocenters. The number of hydrogen-bond acceptors (Lipinski definition) is 4. The summed E-state index contributed by atoms with van der Waals surface area (Å²) in [6, 6.07) is 2.20. The van der Waals surface area contributed by atoms with Gasteiger partial charge in [-0.1, -0.05) is 0 Å². The summed E-state index contributed by atoms with van der Waals surface area (Å²) in [4.78, 5) is 8.32. The fourth-order valence-electron chi connectivity index (χ4n) is 2.16. The van der Waals surface area contributed by atoms with Crippen LogP contribution in [0.3, 0.4) is 0 Å². The molecule has 2 heterocycles. The second-order valence-electron chi connectivity index (χ2n) is 4.47. The monoisotopic (exact) mass is 235 g/mol. The molecule has 1 aliphatic heterocycles. The van der Waals surface area contributed by atoms with Gasteiger partial charge in [0.1, 0.15) is 0 Å². The van der Waals surface area contributed by atoms with Crippen LogP contribution in [0.1, 0.15) is 34.3 Å². The van der Waals surface area contributed by atoms with E-state index in [1.54, 1.807) is 0 Å². The minimum Gasteiger partial charge on any atom is -0.306 e. The number of nitrogens with zero attached hydrogens (tertiary/aromatic N) is 3. The number of thiazole rings is 1. The first-order valence-corrected chi connectivity index (χ1v) is 6.54. The highest BCUT2D eigenvalue weighted by atomic mass is 32.1. The normalized spacial score (nSPS) is 21.2. The van der Waals surface area contributed by atoms with Gasteiger partial charge in [0, 0.05) is 23.8 Å². The Morgan fingerprint density at radius 3 is 3.06 bits per heavy atom. The molecule has 1 aliphatic rings. The molecule has 1 aromatic heterocycles. The molecule has 0 aliphatic carbocycles. The summed E-state index contributed by atoms with van der Waals surface area (Å²) >= 11 is 1.81. The Hall–Kier alpha value is -0.920. The number of aromatic nitrogens is 1. The molecule has 0 aromatic carbocycles. The van der Waals surface area contributed by atoms with Crippen molar-refractivity contribution in [2.24, 2.45) is 0 Å². The lowest BCUT2D eigenvalue weighted by atomic mass is 10.1. The Morgan fingerprint density at radius 1 is 1.62 bits per heavy atom. The molecule has 2 rings (SSSR count). The Bertz CT molecular complexity index is 405. The van der Waals surface area contributed by atoms with E-state index in [-0.39, 0.29) is 0 Å². The maximum absolute atomic E-state index is 8.60. The molecule has 3 nitrogen and oxygen atoms in total. The highest BCUT2D eigenvalue weighted by Gasteiger charge is 2.24. The van der Waals surface area contributed by atoms with E-state index in [0.29, 0.717) is 12.3 Å². The third-order valence-corrected chi connectivity index (χ3v) is 4.49. The van der Waals surface area contributed by atoms with Gasteiger partial charge in [-0.3, -0.25) is 0 Å². The van der Waals surface area contributed by atoms with Crippen molar-refractivity contribution < 1.29 is 0 Å². The van der Waals surface area contributed by atoms with Crippen LogP contribution in [0.2, 0.25) is 0 Å². The zero-order valence-electron chi connectivity index (χ0n) is 9.86. The predicted molar refractivity (Wildman–Crippen MR) is 65.6 cm³/mol. The lowest BCUT2D eigenvalue weighted by Gasteiger charge is -2.06. The van der Waals surface area contributed by atoms with Gasteiger partial charge in [-0.2, -0.15) is 5.26 Å². The summed E-state index contributed by atoms with van der Waals surface area (Å²) in [6.07, 6.45) is 2.69. The number of rotatable bonds is 3. The summed E-state index contributed by atoms with van der Waals surface area (Å²) in [5.74, 6) is 0.615. The molecule has 0 radical (unpaired) electrons. The molecule has 1 fully saturated rings. The summed E-state index contributed by atoms with van der Waals surface area (Å²) in [7, 11) is 2.16. The van der Waals surface area contributed by atoms with Crippen molar-refractivity contribution in [3.05, 3.63) is 15.6 Å². The third-order valence-electron chi connectivity index (χ3n) is 3.11. The van der Waals surface area contributed by atoms with Crippen molar-refractivity contribution in [2.45, 2.75) is 32.1 Å². The van der Waals surface area contributed by atoms with Crippen molar-refractivity contribution in [3.8, 4) is 6.07 Å². The summed E-state index contributed by atoms with van der Waals surface area (Å²) in [6.45, 7) is 4.37. The van der Waals surface area contributed by atoms with Crippen LogP contribution in [0.5, 0.6) is 0 Å². The van der Waals surface area contributed by atoms with Crippen molar-refractivity contribution in [3.63, 3.8) is 0 Å². The minimum absolute atomic E-state index is 0.604. The summed E-state index contributed by atoms with van der Waals surface area (Å²) in [5, 5.41) is 9.87. The molecule has 0 bridgehead atoms. The first-order chi connectivity index (χ1) is 7.70. The molecule has 16 heavy (non-hydrogen) atoms. The number of likely N-dealkylation sites (tertiary alicyclic amines) is 1. The highest BCUT2D eigenvalue weighted by Crippen LogP contribution is 2.31. The molecule has 0 spiro atoms. The van der Waals surface area contributed by atoms with Crippen LogP contribution < -0.4 is 0 Å². The second-order valence-corrected chi connectivity index (χ2v) is 5.58. The Labute approximate surface area is 101 Å². The largest absolute Gasteiger partial charge is 0.306 e. The molecule has 1 aromatic rings. The molecule has 0 amide bonds. The van der Waals surface area contributed by atoms with Crippen LogP contribution in [0.4, 0.5) is 0 Å². The van der Waals surface area contributed by atoms with Crippen LogP contribution in [0, 0.1) is 18.3 Å². The average molecular weight is 235 g/mol. The molecular formula is C12H17N3S. The maximum Gasteiger partial charge on any atom is 0.0975 e. The predicted octanol–water partition coefficient (Wildman–Crippen LogP) is 2.33. The number of likely N-dealkylation sites (N-methyl/N-ethyl adjacent to an activating group) is 1. The van der Waals surface area contributed by atoms with E-state index in [9.17, 15) is 0 Å². The van der Waals surface area contributed by atoms with Crippen LogP contribution in [0.15, 0.2) is 0 Å². The van der Waals surface area contributed by atoms with E-state index in [1.807, 2.05) is 11.3 Å². The molecule has 1 unspecified atom stereocenters. The topological polar surface area (TPSA) is 39.9 Å².